The molecule has 0 spiro atoms. The van der Waals surface area contributed by atoms with Gasteiger partial charge in [-0.25, -0.2) is 5.01 Å². The number of para-hydroxylation sites is 1. The first kappa shape index (κ1) is 14.4. The van der Waals surface area contributed by atoms with Crippen LogP contribution in [0.2, 0.25) is 5.02 Å². The van der Waals surface area contributed by atoms with Gasteiger partial charge in [0, 0.05) is 22.6 Å². The fraction of sp³-hybridized carbons (Fsp3) is 0.278. The Balaban J connectivity index is 1.80. The van der Waals surface area contributed by atoms with Gasteiger partial charge in [0.05, 0.1) is 11.8 Å². The van der Waals surface area contributed by atoms with Crippen LogP contribution in [0, 0.1) is 0 Å². The number of hydrazone groups is 1. The third kappa shape index (κ3) is 2.25. The first-order valence-electron chi connectivity index (χ1n) is 7.59. The molecule has 2 aliphatic heterocycles. The minimum Gasteiger partial charge on any atom is -0.507 e. The molecule has 1 N–H and O–H groups in total. The number of fused-ring (bicyclic) bond motifs is 3. The average Bonchev–Trinajstić information content (AvgIpc) is 2.96. The van der Waals surface area contributed by atoms with E-state index in [1.807, 2.05) is 37.1 Å². The molecular formula is C18H17ClN2O2. The average molecular weight is 329 g/mol. The molecule has 0 bridgehead atoms. The number of phenols is 1. The monoisotopic (exact) mass is 328 g/mol. The molecule has 2 heterocycles. The molecule has 0 amide bonds. The molecule has 118 valence electrons. The Kier molecular flexibility index (Phi) is 3.07. The fourth-order valence-corrected chi connectivity index (χ4v) is 3.49. The Morgan fingerprint density at radius 2 is 2.04 bits per heavy atom. The molecule has 0 aromatic heterocycles. The lowest BCUT2D eigenvalue weighted by Crippen LogP contribution is -2.48. The van der Waals surface area contributed by atoms with Gasteiger partial charge in [-0.2, -0.15) is 5.10 Å². The normalized spacial score (nSPS) is 21.3. The summed E-state index contributed by atoms with van der Waals surface area (Å²) in [6.45, 7) is 4.00. The second-order valence-corrected chi connectivity index (χ2v) is 6.80. The molecule has 5 heteroatoms. The number of rotatable bonds is 1. The molecule has 4 nitrogen and oxygen atoms in total. The summed E-state index contributed by atoms with van der Waals surface area (Å²) in [6, 6.07) is 13.2. The minimum absolute atomic E-state index is 0.100. The molecule has 0 saturated carbocycles. The summed E-state index contributed by atoms with van der Waals surface area (Å²) in [5, 5.41) is 17.5. The van der Waals surface area contributed by atoms with Gasteiger partial charge in [0.15, 0.2) is 5.72 Å². The van der Waals surface area contributed by atoms with E-state index >= 15 is 0 Å². The van der Waals surface area contributed by atoms with Gasteiger partial charge in [-0.15, -0.1) is 0 Å². The van der Waals surface area contributed by atoms with Crippen LogP contribution in [0.3, 0.4) is 0 Å². The van der Waals surface area contributed by atoms with Crippen molar-refractivity contribution in [2.45, 2.75) is 32.0 Å². The van der Waals surface area contributed by atoms with Crippen LogP contribution in [0.15, 0.2) is 47.6 Å². The summed E-state index contributed by atoms with van der Waals surface area (Å²) in [6.07, 6.45) is 0.706. The topological polar surface area (TPSA) is 45.1 Å². The maximum Gasteiger partial charge on any atom is 0.192 e. The number of ether oxygens (including phenoxy) is 1. The van der Waals surface area contributed by atoms with Crippen LogP contribution in [0.1, 0.15) is 37.4 Å². The molecule has 23 heavy (non-hydrogen) atoms. The number of aromatic hydroxyl groups is 1. The lowest BCUT2D eigenvalue weighted by atomic mass is 9.95. The number of hydrogen-bond acceptors (Lipinski definition) is 4. The van der Waals surface area contributed by atoms with Crippen LogP contribution in [0.5, 0.6) is 11.5 Å². The molecule has 0 radical (unpaired) electrons. The van der Waals surface area contributed by atoms with E-state index in [1.165, 1.54) is 0 Å². The minimum atomic E-state index is -0.547. The zero-order valence-electron chi connectivity index (χ0n) is 13.0. The number of hydrogen-bond donors (Lipinski definition) is 1. The number of phenolic OH excluding ortho intramolecular Hbond substituents is 1. The Morgan fingerprint density at radius 3 is 2.87 bits per heavy atom. The van der Waals surface area contributed by atoms with Gasteiger partial charge in [0.25, 0.3) is 0 Å². The molecule has 0 fully saturated rings. The van der Waals surface area contributed by atoms with Gasteiger partial charge >= 0.3 is 0 Å². The van der Waals surface area contributed by atoms with Crippen LogP contribution < -0.4 is 4.74 Å². The molecule has 0 aliphatic carbocycles. The van der Waals surface area contributed by atoms with E-state index in [1.54, 1.807) is 18.2 Å². The zero-order valence-corrected chi connectivity index (χ0v) is 13.7. The van der Waals surface area contributed by atoms with Crippen LogP contribution >= 0.6 is 11.6 Å². The summed E-state index contributed by atoms with van der Waals surface area (Å²) in [4.78, 5) is 0. The molecule has 2 aromatic rings. The maximum absolute atomic E-state index is 10.2. The van der Waals surface area contributed by atoms with Crippen molar-refractivity contribution in [3.05, 3.63) is 58.6 Å². The van der Waals surface area contributed by atoms with E-state index in [2.05, 4.69) is 6.07 Å². The van der Waals surface area contributed by atoms with Crippen LogP contribution in [0.25, 0.3) is 0 Å². The van der Waals surface area contributed by atoms with Crippen molar-refractivity contribution in [1.29, 1.82) is 0 Å². The Morgan fingerprint density at radius 1 is 1.26 bits per heavy atom. The van der Waals surface area contributed by atoms with E-state index in [0.29, 0.717) is 17.0 Å². The fourth-order valence-electron chi connectivity index (χ4n) is 3.32. The van der Waals surface area contributed by atoms with Gasteiger partial charge in [-0.3, -0.25) is 0 Å². The van der Waals surface area contributed by atoms with Gasteiger partial charge in [-0.1, -0.05) is 29.8 Å². The van der Waals surface area contributed by atoms with E-state index in [-0.39, 0.29) is 11.8 Å². The number of nitrogens with zero attached hydrogens (tertiary/aromatic N) is 2. The van der Waals surface area contributed by atoms with Crippen molar-refractivity contribution in [3.63, 3.8) is 0 Å². The molecule has 2 aromatic carbocycles. The summed E-state index contributed by atoms with van der Waals surface area (Å²) in [7, 11) is 0. The first-order valence-corrected chi connectivity index (χ1v) is 7.97. The summed E-state index contributed by atoms with van der Waals surface area (Å²) in [5.74, 6) is 1.09. The van der Waals surface area contributed by atoms with Crippen molar-refractivity contribution >= 4 is 17.3 Å². The van der Waals surface area contributed by atoms with Crippen LogP contribution in [0.4, 0.5) is 0 Å². The highest BCUT2D eigenvalue weighted by molar-refractivity contribution is 6.31. The Hall–Kier alpha value is -2.20. The van der Waals surface area contributed by atoms with Gasteiger partial charge in [0.1, 0.15) is 11.5 Å². The molecule has 0 saturated heterocycles. The third-order valence-corrected chi connectivity index (χ3v) is 4.60. The lowest BCUT2D eigenvalue weighted by molar-refractivity contribution is -0.0911. The number of benzene rings is 2. The highest BCUT2D eigenvalue weighted by Gasteiger charge is 2.44. The van der Waals surface area contributed by atoms with Gasteiger partial charge in [-0.05, 0) is 38.1 Å². The number of halogens is 1. The van der Waals surface area contributed by atoms with E-state index in [0.717, 1.165) is 17.0 Å². The second kappa shape index (κ2) is 4.90. The highest BCUT2D eigenvalue weighted by atomic mass is 35.5. The standard InChI is InChI=1S/C18H17ClN2O2/c1-18(2)21-15(12-5-3-4-6-17(12)23-18)10-14(20-21)13-9-11(19)7-8-16(13)22/h3-9,15,22H,10H2,1-2H3/t15-/m1/s1. The van der Waals surface area contributed by atoms with E-state index < -0.39 is 5.72 Å². The Bertz CT molecular complexity index is 816. The smallest absolute Gasteiger partial charge is 0.192 e. The zero-order chi connectivity index (χ0) is 16.2. The highest BCUT2D eigenvalue weighted by Crippen LogP contribution is 2.46. The SMILES string of the molecule is CC1(C)Oc2ccccc2[C@H]2CC(c3cc(Cl)ccc3O)=NN21. The van der Waals surface area contributed by atoms with E-state index in [4.69, 9.17) is 21.4 Å². The quantitative estimate of drug-likeness (QED) is 0.847. The Labute approximate surface area is 140 Å². The summed E-state index contributed by atoms with van der Waals surface area (Å²) >= 11 is 6.08. The largest absolute Gasteiger partial charge is 0.507 e. The van der Waals surface area contributed by atoms with Gasteiger partial charge in [0.2, 0.25) is 0 Å². The molecule has 2 aliphatic rings. The van der Waals surface area contributed by atoms with Crippen molar-refractivity contribution in [2.24, 2.45) is 5.10 Å². The maximum atomic E-state index is 10.2. The third-order valence-electron chi connectivity index (χ3n) is 4.37. The van der Waals surface area contributed by atoms with Crippen LogP contribution in [-0.4, -0.2) is 21.6 Å². The predicted molar refractivity (Wildman–Crippen MR) is 90.0 cm³/mol. The van der Waals surface area contributed by atoms with Gasteiger partial charge < -0.3 is 9.84 Å². The van der Waals surface area contributed by atoms with Crippen molar-refractivity contribution < 1.29 is 9.84 Å². The molecular weight excluding hydrogens is 312 g/mol. The van der Waals surface area contributed by atoms with Crippen molar-refractivity contribution in [2.75, 3.05) is 0 Å². The molecule has 0 unspecified atom stereocenters. The molecule has 4 rings (SSSR count). The van der Waals surface area contributed by atoms with Crippen LogP contribution in [-0.2, 0) is 0 Å². The first-order chi connectivity index (χ1) is 11.0. The van der Waals surface area contributed by atoms with Crippen molar-refractivity contribution in [1.82, 2.24) is 5.01 Å². The van der Waals surface area contributed by atoms with E-state index in [9.17, 15) is 5.11 Å². The predicted octanol–water partition coefficient (Wildman–Crippen LogP) is 4.33. The van der Waals surface area contributed by atoms with Crippen molar-refractivity contribution in [3.8, 4) is 11.5 Å². The summed E-state index contributed by atoms with van der Waals surface area (Å²) in [5.41, 5.74) is 2.07. The summed E-state index contributed by atoms with van der Waals surface area (Å²) < 4.78 is 6.10. The second-order valence-electron chi connectivity index (χ2n) is 6.36. The lowest BCUT2D eigenvalue weighted by Gasteiger charge is -2.43. The molecule has 1 atom stereocenters.